The van der Waals surface area contributed by atoms with Crippen LogP contribution in [0.5, 0.6) is 0 Å². The zero-order chi connectivity index (χ0) is 35.6. The first-order chi connectivity index (χ1) is 26.7. The van der Waals surface area contributed by atoms with E-state index in [4.69, 9.17) is 19.9 Å². The van der Waals surface area contributed by atoms with E-state index < -0.39 is 0 Å². The van der Waals surface area contributed by atoms with E-state index in [-0.39, 0.29) is 0 Å². The SMILES string of the molecule is c1ccc2cc(-c3ccc4ccc(-c5ccc6ccc(-c7ccc8cc(-c9ccc%10ccc%11cccnc%11c%10n9)ccc8c7)cc6n5)cc4n3)ncc2c1. The topological polar surface area (TPSA) is 64.5 Å². The molecule has 0 atom stereocenters. The van der Waals surface area contributed by atoms with Crippen molar-refractivity contribution in [2.45, 2.75) is 0 Å². The highest BCUT2D eigenvalue weighted by atomic mass is 14.8. The van der Waals surface area contributed by atoms with Crippen molar-refractivity contribution >= 4 is 65.2 Å². The van der Waals surface area contributed by atoms with Crippen LogP contribution in [0.1, 0.15) is 0 Å². The number of nitrogens with zero attached hydrogens (tertiary/aromatic N) is 5. The molecule has 0 radical (unpaired) electrons. The summed E-state index contributed by atoms with van der Waals surface area (Å²) in [5.41, 5.74) is 11.7. The van der Waals surface area contributed by atoms with Gasteiger partial charge < -0.3 is 0 Å². The molecular weight excluding hydrogens is 659 g/mol. The molecular formula is C49H29N5. The molecule has 0 aliphatic carbocycles. The third-order valence-corrected chi connectivity index (χ3v) is 10.5. The molecule has 0 bridgehead atoms. The van der Waals surface area contributed by atoms with Gasteiger partial charge >= 0.3 is 0 Å². The predicted octanol–water partition coefficient (Wildman–Crippen LogP) is 12.2. The number of hydrogen-bond acceptors (Lipinski definition) is 5. The average Bonchev–Trinajstić information content (AvgIpc) is 3.24. The smallest absolute Gasteiger partial charge is 0.0972 e. The summed E-state index contributed by atoms with van der Waals surface area (Å²) in [6.45, 7) is 0. The third kappa shape index (κ3) is 5.22. The van der Waals surface area contributed by atoms with Crippen molar-refractivity contribution < 1.29 is 0 Å². The van der Waals surface area contributed by atoms with Crippen molar-refractivity contribution in [1.82, 2.24) is 24.9 Å². The standard InChI is InChI=1S/C49H29N5/c1-2-5-41-29-51-47(27-34(41)4-1)44-22-18-31-8-15-40(28-46(31)53-44)42-20-17-30-7-11-38(26-45(30)52-42)36-12-13-37-25-39(16-14-35(37)24-36)43-21-19-33-10-9-32-6-3-23-50-48(32)49(33)54-43/h1-29H. The van der Waals surface area contributed by atoms with Crippen LogP contribution < -0.4 is 0 Å². The normalized spacial score (nSPS) is 11.7. The summed E-state index contributed by atoms with van der Waals surface area (Å²) in [4.78, 5) is 24.6. The number of hydrogen-bond donors (Lipinski definition) is 0. The van der Waals surface area contributed by atoms with E-state index in [2.05, 4.69) is 145 Å². The minimum Gasteiger partial charge on any atom is -0.254 e. The van der Waals surface area contributed by atoms with E-state index in [1.807, 2.05) is 36.7 Å². The Labute approximate surface area is 310 Å². The number of pyridine rings is 5. The Kier molecular flexibility index (Phi) is 6.79. The predicted molar refractivity (Wildman–Crippen MR) is 222 cm³/mol. The first-order valence-corrected chi connectivity index (χ1v) is 18.0. The molecule has 0 N–H and O–H groups in total. The first-order valence-electron chi connectivity index (χ1n) is 18.0. The Bertz CT molecular complexity index is 3300. The lowest BCUT2D eigenvalue weighted by Crippen LogP contribution is -1.91. The summed E-state index contributed by atoms with van der Waals surface area (Å²) in [7, 11) is 0. The fourth-order valence-corrected chi connectivity index (χ4v) is 7.57. The maximum atomic E-state index is 5.15. The molecule has 6 aromatic carbocycles. The summed E-state index contributed by atoms with van der Waals surface area (Å²) in [5, 5.41) is 8.97. The third-order valence-electron chi connectivity index (χ3n) is 10.5. The quantitative estimate of drug-likeness (QED) is 0.172. The Hall–Kier alpha value is -7.37. The molecule has 0 unspecified atom stereocenters. The summed E-state index contributed by atoms with van der Waals surface area (Å²) in [6.07, 6.45) is 3.75. The molecule has 5 nitrogen and oxygen atoms in total. The summed E-state index contributed by atoms with van der Waals surface area (Å²) < 4.78 is 0. The molecule has 0 aliphatic heterocycles. The molecule has 5 aromatic heterocycles. The highest BCUT2D eigenvalue weighted by molar-refractivity contribution is 6.03. The fourth-order valence-electron chi connectivity index (χ4n) is 7.57. The van der Waals surface area contributed by atoms with Crippen LogP contribution in [-0.2, 0) is 0 Å². The minimum absolute atomic E-state index is 0.852. The van der Waals surface area contributed by atoms with Crippen LogP contribution in [0.25, 0.3) is 110 Å². The van der Waals surface area contributed by atoms with Crippen LogP contribution in [0.4, 0.5) is 0 Å². The molecule has 0 spiro atoms. The number of benzene rings is 6. The van der Waals surface area contributed by atoms with Crippen LogP contribution in [0.2, 0.25) is 0 Å². The highest BCUT2D eigenvalue weighted by Crippen LogP contribution is 2.33. The van der Waals surface area contributed by atoms with Crippen molar-refractivity contribution in [3.05, 3.63) is 176 Å². The summed E-state index contributed by atoms with van der Waals surface area (Å²) >= 11 is 0. The Morgan fingerprint density at radius 3 is 1.57 bits per heavy atom. The van der Waals surface area contributed by atoms with Gasteiger partial charge in [-0.1, -0.05) is 109 Å². The Balaban J connectivity index is 0.911. The minimum atomic E-state index is 0.852. The maximum absolute atomic E-state index is 5.15. The second-order valence-corrected chi connectivity index (χ2v) is 13.8. The number of rotatable bonds is 4. The Morgan fingerprint density at radius 2 is 0.778 bits per heavy atom. The van der Waals surface area contributed by atoms with E-state index in [1.54, 1.807) is 0 Å². The van der Waals surface area contributed by atoms with Crippen molar-refractivity contribution in [3.8, 4) is 45.0 Å². The van der Waals surface area contributed by atoms with Crippen molar-refractivity contribution in [2.75, 3.05) is 0 Å². The van der Waals surface area contributed by atoms with Gasteiger partial charge in [-0.2, -0.15) is 0 Å². The molecule has 0 amide bonds. The van der Waals surface area contributed by atoms with Crippen LogP contribution in [-0.4, -0.2) is 24.9 Å². The molecule has 0 aliphatic rings. The summed E-state index contributed by atoms with van der Waals surface area (Å²) in [5.74, 6) is 0. The molecule has 11 rings (SSSR count). The van der Waals surface area contributed by atoms with Gasteiger partial charge in [-0.25, -0.2) is 15.0 Å². The first kappa shape index (κ1) is 30.3. The van der Waals surface area contributed by atoms with Crippen molar-refractivity contribution in [1.29, 1.82) is 0 Å². The molecule has 0 saturated heterocycles. The monoisotopic (exact) mass is 687 g/mol. The molecule has 0 fully saturated rings. The molecule has 250 valence electrons. The highest BCUT2D eigenvalue weighted by Gasteiger charge is 2.11. The van der Waals surface area contributed by atoms with Crippen molar-refractivity contribution in [2.24, 2.45) is 0 Å². The molecule has 11 aromatic rings. The van der Waals surface area contributed by atoms with Gasteiger partial charge in [0.05, 0.1) is 44.8 Å². The van der Waals surface area contributed by atoms with Crippen LogP contribution in [0, 0.1) is 0 Å². The van der Waals surface area contributed by atoms with Gasteiger partial charge in [0, 0.05) is 50.5 Å². The van der Waals surface area contributed by atoms with E-state index in [0.717, 1.165) is 99.4 Å². The molecule has 5 heteroatoms. The number of fused-ring (bicyclic) bond motifs is 7. The average molecular weight is 688 g/mol. The summed E-state index contributed by atoms with van der Waals surface area (Å²) in [6, 6.07) is 57.4. The lowest BCUT2D eigenvalue weighted by molar-refractivity contribution is 1.29. The van der Waals surface area contributed by atoms with Gasteiger partial charge in [0.15, 0.2) is 0 Å². The molecule has 54 heavy (non-hydrogen) atoms. The van der Waals surface area contributed by atoms with Crippen LogP contribution in [0.3, 0.4) is 0 Å². The zero-order valence-corrected chi connectivity index (χ0v) is 29.0. The van der Waals surface area contributed by atoms with Crippen LogP contribution in [0.15, 0.2) is 176 Å². The lowest BCUT2D eigenvalue weighted by atomic mass is 9.98. The number of aromatic nitrogens is 5. The van der Waals surface area contributed by atoms with E-state index >= 15 is 0 Å². The Morgan fingerprint density at radius 1 is 0.278 bits per heavy atom. The van der Waals surface area contributed by atoms with E-state index in [1.165, 1.54) is 10.8 Å². The largest absolute Gasteiger partial charge is 0.254 e. The zero-order valence-electron chi connectivity index (χ0n) is 29.0. The van der Waals surface area contributed by atoms with E-state index in [0.29, 0.717) is 0 Å². The van der Waals surface area contributed by atoms with Gasteiger partial charge in [-0.05, 0) is 81.9 Å². The van der Waals surface area contributed by atoms with Gasteiger partial charge in [0.25, 0.3) is 0 Å². The second kappa shape index (κ2) is 12.1. The van der Waals surface area contributed by atoms with Gasteiger partial charge in [0.2, 0.25) is 0 Å². The van der Waals surface area contributed by atoms with Gasteiger partial charge in [-0.15, -0.1) is 0 Å². The molecule has 5 heterocycles. The lowest BCUT2D eigenvalue weighted by Gasteiger charge is -2.10. The van der Waals surface area contributed by atoms with Crippen LogP contribution >= 0.6 is 0 Å². The second-order valence-electron chi connectivity index (χ2n) is 13.8. The van der Waals surface area contributed by atoms with Gasteiger partial charge in [-0.3, -0.25) is 9.97 Å². The van der Waals surface area contributed by atoms with Gasteiger partial charge in [0.1, 0.15) is 0 Å². The van der Waals surface area contributed by atoms with Crippen molar-refractivity contribution in [3.63, 3.8) is 0 Å². The van der Waals surface area contributed by atoms with E-state index in [9.17, 15) is 0 Å². The fraction of sp³-hybridized carbons (Fsp3) is 0. The molecule has 0 saturated carbocycles. The maximum Gasteiger partial charge on any atom is 0.0972 e.